The van der Waals surface area contributed by atoms with Crippen LogP contribution in [0.4, 0.5) is 32.2 Å². The Morgan fingerprint density at radius 2 is 1.08 bits per heavy atom. The highest BCUT2D eigenvalue weighted by Gasteiger charge is 2.42. The molecule has 25 heteroatoms. The number of nitrogens with one attached hydrogen (secondary N) is 3. The largest absolute Gasteiger partial charge is 0.464 e. The summed E-state index contributed by atoms with van der Waals surface area (Å²) in [4.78, 5) is 47.3. The van der Waals surface area contributed by atoms with Gasteiger partial charge < -0.3 is 25.6 Å². The lowest BCUT2D eigenvalue weighted by Gasteiger charge is -2.40. The van der Waals surface area contributed by atoms with E-state index in [1.165, 1.54) is 25.1 Å². The van der Waals surface area contributed by atoms with Crippen LogP contribution >= 0.6 is 12.4 Å². The van der Waals surface area contributed by atoms with Crippen LogP contribution in [0, 0.1) is 0 Å². The van der Waals surface area contributed by atoms with Crippen molar-refractivity contribution in [1.29, 1.82) is 0 Å². The molecule has 1 aromatic heterocycles. The number of alkyl halides is 6. The highest BCUT2D eigenvalue weighted by molar-refractivity contribution is 7.89. The Kier molecular flexibility index (Phi) is 20.0. The third-order valence-corrected chi connectivity index (χ3v) is 16.1. The molecular weight excluding hydrogens is 1050 g/mol. The molecule has 0 aliphatic carbocycles. The molecule has 7 rings (SSSR count). The lowest BCUT2D eigenvalue weighted by atomic mass is 10.0. The molecule has 2 aliphatic rings. The number of sulfonamides is 2. The van der Waals surface area contributed by atoms with Gasteiger partial charge in [-0.2, -0.15) is 35.0 Å². The van der Waals surface area contributed by atoms with Crippen LogP contribution in [-0.2, 0) is 59.8 Å². The Bertz CT molecular complexity index is 2950. The molecule has 2 aliphatic heterocycles. The number of aromatic nitrogens is 2. The van der Waals surface area contributed by atoms with Gasteiger partial charge in [-0.3, -0.25) is 9.59 Å². The second-order valence-corrected chi connectivity index (χ2v) is 21.7. The predicted octanol–water partition coefficient (Wildman–Crippen LogP) is 7.13. The van der Waals surface area contributed by atoms with Crippen LogP contribution in [-0.4, -0.2) is 112 Å². The maximum atomic E-state index is 13.6. The van der Waals surface area contributed by atoms with Crippen LogP contribution in [0.15, 0.2) is 119 Å². The second-order valence-electron chi connectivity index (χ2n) is 17.9. The van der Waals surface area contributed by atoms with E-state index in [0.717, 1.165) is 61.7 Å². The quantitative estimate of drug-likeness (QED) is 0.0752. The molecule has 3 N–H and O–H groups in total. The summed E-state index contributed by atoms with van der Waals surface area (Å²) >= 11 is 0. The zero-order valence-electron chi connectivity index (χ0n) is 41.4. The van der Waals surface area contributed by atoms with Gasteiger partial charge in [0.2, 0.25) is 31.9 Å². The molecule has 16 nitrogen and oxygen atoms in total. The molecular formula is C50H57ClF6N8O8S2. The minimum Gasteiger partial charge on any atom is -0.464 e. The van der Waals surface area contributed by atoms with Gasteiger partial charge in [-0.15, -0.1) is 12.4 Å². The summed E-state index contributed by atoms with van der Waals surface area (Å²) in [5, 5.41) is 8.55. The van der Waals surface area contributed by atoms with Crippen molar-refractivity contribution in [3.05, 3.63) is 149 Å². The summed E-state index contributed by atoms with van der Waals surface area (Å²) in [6, 6.07) is 19.6. The smallest absolute Gasteiger partial charge is 0.416 e. The van der Waals surface area contributed by atoms with E-state index in [-0.39, 0.29) is 73.7 Å². The number of rotatable bonds is 14. The van der Waals surface area contributed by atoms with Crippen LogP contribution in [0.2, 0.25) is 0 Å². The average Bonchev–Trinajstić information content (AvgIpc) is 3.39. The van der Waals surface area contributed by atoms with Gasteiger partial charge in [-0.05, 0) is 82.6 Å². The number of hydrogen-bond donors (Lipinski definition) is 3. The van der Waals surface area contributed by atoms with E-state index in [9.17, 15) is 57.6 Å². The van der Waals surface area contributed by atoms with Gasteiger partial charge in [-0.1, -0.05) is 76.2 Å². The number of anilines is 1. The minimum absolute atomic E-state index is 0. The van der Waals surface area contributed by atoms with Crippen molar-refractivity contribution >= 4 is 56.1 Å². The monoisotopic (exact) mass is 1110 g/mol. The standard InChI is InChI=1S/C28H30F3N5O5S.C22H26F3N3O3S.ClH/c1-18(2)20-6-4-19(5-7-20)14-34-26(37)24-17-35(25-16-32-23(15-33-25)27(38)41-3)12-13-36(24)42(39,40)22-10-8-21(9-11-22)28(29,30)31;1-15(2)17-5-3-16(4-6-17)13-27-21(29)20-14-26-11-12-28(20)32(30,31)19-9-7-18(8-10-19)22(23,24)25;/h4-11,15-16,18,24H,12-14,17H2,1-3H3,(H,34,37);3-10,15,20,26H,11-14H2,1-2H3,(H,27,29);1H/t24-;20-;/m11./s1. The molecule has 3 heterocycles. The Balaban J connectivity index is 0.000000284. The Morgan fingerprint density at radius 3 is 1.48 bits per heavy atom. The van der Waals surface area contributed by atoms with Gasteiger partial charge >= 0.3 is 18.3 Å². The first kappa shape index (κ1) is 59.7. The number of halogens is 7. The van der Waals surface area contributed by atoms with Gasteiger partial charge in [0.1, 0.15) is 17.9 Å². The number of nitrogens with zero attached hydrogens (tertiary/aromatic N) is 5. The van der Waals surface area contributed by atoms with Crippen molar-refractivity contribution in [2.75, 3.05) is 51.3 Å². The number of amides is 2. The summed E-state index contributed by atoms with van der Waals surface area (Å²) in [6.45, 7) is 8.95. The van der Waals surface area contributed by atoms with Gasteiger partial charge in [0.05, 0.1) is 40.4 Å². The lowest BCUT2D eigenvalue weighted by Crippen LogP contribution is -2.60. The Labute approximate surface area is 437 Å². The number of benzene rings is 4. The molecule has 5 aromatic rings. The first-order chi connectivity index (χ1) is 34.8. The molecule has 0 radical (unpaired) electrons. The number of esters is 1. The summed E-state index contributed by atoms with van der Waals surface area (Å²) in [7, 11) is -7.31. The van der Waals surface area contributed by atoms with E-state index in [0.29, 0.717) is 36.3 Å². The van der Waals surface area contributed by atoms with E-state index in [4.69, 9.17) is 0 Å². The highest BCUT2D eigenvalue weighted by Crippen LogP contribution is 2.33. The highest BCUT2D eigenvalue weighted by atomic mass is 35.5. The zero-order valence-corrected chi connectivity index (χ0v) is 43.8. The van der Waals surface area contributed by atoms with Crippen molar-refractivity contribution in [3.8, 4) is 0 Å². The minimum atomic E-state index is -4.63. The molecule has 2 amide bonds. The van der Waals surface area contributed by atoms with Crippen molar-refractivity contribution in [2.45, 2.75) is 86.8 Å². The first-order valence-corrected chi connectivity index (χ1v) is 26.2. The summed E-state index contributed by atoms with van der Waals surface area (Å²) < 4.78 is 138. The molecule has 0 unspecified atom stereocenters. The molecule has 0 saturated carbocycles. The van der Waals surface area contributed by atoms with Crippen LogP contribution < -0.4 is 20.9 Å². The summed E-state index contributed by atoms with van der Waals surface area (Å²) in [6.07, 6.45) is -6.67. The fraction of sp³-hybridized carbons (Fsp3) is 0.380. The van der Waals surface area contributed by atoms with Gasteiger partial charge in [0.15, 0.2) is 5.69 Å². The number of ether oxygens (including phenoxy) is 1. The maximum absolute atomic E-state index is 13.6. The third-order valence-electron chi connectivity index (χ3n) is 12.3. The summed E-state index contributed by atoms with van der Waals surface area (Å²) in [5.74, 6) is -0.731. The van der Waals surface area contributed by atoms with Gasteiger partial charge in [0.25, 0.3) is 0 Å². The average molecular weight is 1110 g/mol. The fourth-order valence-electron chi connectivity index (χ4n) is 7.92. The fourth-order valence-corrected chi connectivity index (χ4v) is 11.1. The number of hydrogen-bond acceptors (Lipinski definition) is 12. The van der Waals surface area contributed by atoms with Crippen LogP contribution in [0.25, 0.3) is 0 Å². The van der Waals surface area contributed by atoms with Crippen molar-refractivity contribution in [1.82, 2.24) is 34.5 Å². The predicted molar refractivity (Wildman–Crippen MR) is 269 cm³/mol. The number of carbonyl (C=O) groups is 3. The van der Waals surface area contributed by atoms with E-state index in [2.05, 4.69) is 58.4 Å². The van der Waals surface area contributed by atoms with Gasteiger partial charge in [-0.25, -0.2) is 31.6 Å². The van der Waals surface area contributed by atoms with E-state index in [1.807, 2.05) is 48.5 Å². The van der Waals surface area contributed by atoms with Crippen molar-refractivity contribution in [3.63, 3.8) is 0 Å². The van der Waals surface area contributed by atoms with E-state index >= 15 is 0 Å². The lowest BCUT2D eigenvalue weighted by molar-refractivity contribution is -0.138. The topological polar surface area (TPSA) is 200 Å². The van der Waals surface area contributed by atoms with E-state index < -0.39 is 73.4 Å². The third kappa shape index (κ3) is 15.0. The van der Waals surface area contributed by atoms with Crippen molar-refractivity contribution < 1.29 is 62.3 Å². The zero-order chi connectivity index (χ0) is 54.2. The molecule has 4 aromatic carbocycles. The molecule has 0 bridgehead atoms. The first-order valence-electron chi connectivity index (χ1n) is 23.3. The molecule has 2 fully saturated rings. The number of piperazine rings is 2. The Hall–Kier alpha value is -6.18. The SMILES string of the molecule is CC(C)c1ccc(CNC(=O)[C@H]2CNCCN2S(=O)(=O)c2ccc(C(F)(F)F)cc2)cc1.COC(=O)c1cnc(N2CCN(S(=O)(=O)c3ccc(C(F)(F)F)cc3)[C@@H](C(=O)NCc3ccc(C(C)C)cc3)C2)cn1.Cl. The van der Waals surface area contributed by atoms with Crippen LogP contribution in [0.1, 0.15) is 83.4 Å². The molecule has 2 saturated heterocycles. The molecule has 2 atom stereocenters. The number of methoxy groups -OCH3 is 1. The normalized spacial score (nSPS) is 16.8. The van der Waals surface area contributed by atoms with Gasteiger partial charge in [0, 0.05) is 52.4 Å². The Morgan fingerprint density at radius 1 is 0.640 bits per heavy atom. The van der Waals surface area contributed by atoms with Crippen molar-refractivity contribution in [2.24, 2.45) is 0 Å². The molecule has 406 valence electrons. The molecule has 75 heavy (non-hydrogen) atoms. The summed E-state index contributed by atoms with van der Waals surface area (Å²) in [5.41, 5.74) is 2.03. The maximum Gasteiger partial charge on any atom is 0.416 e. The van der Waals surface area contributed by atoms with Crippen LogP contribution in [0.3, 0.4) is 0 Å². The molecule has 0 spiro atoms. The second kappa shape index (κ2) is 25.1. The van der Waals surface area contributed by atoms with Crippen LogP contribution in [0.5, 0.6) is 0 Å². The number of carbonyl (C=O) groups excluding carboxylic acids is 3. The van der Waals surface area contributed by atoms with E-state index in [1.54, 1.807) is 4.90 Å².